The molecule has 20 heavy (non-hydrogen) atoms. The maximum absolute atomic E-state index is 4.46. The molecule has 1 aromatic heterocycles. The molecule has 0 radical (unpaired) electrons. The molecule has 0 spiro atoms. The number of hydrogen-bond donors (Lipinski definition) is 1. The van der Waals surface area contributed by atoms with Gasteiger partial charge in [0.2, 0.25) is 0 Å². The SMILES string of the molecule is CC1=Cc2c(ncnc2NC2CCC(N(C)C)CC2)C1. The summed E-state index contributed by atoms with van der Waals surface area (Å²) in [6.45, 7) is 2.16. The largest absolute Gasteiger partial charge is 0.367 e. The van der Waals surface area contributed by atoms with Crippen molar-refractivity contribution < 1.29 is 0 Å². The van der Waals surface area contributed by atoms with Gasteiger partial charge in [0.15, 0.2) is 0 Å². The van der Waals surface area contributed by atoms with Crippen LogP contribution in [0.4, 0.5) is 5.82 Å². The van der Waals surface area contributed by atoms with Gasteiger partial charge in [-0.3, -0.25) is 0 Å². The fourth-order valence-electron chi connectivity index (χ4n) is 3.33. The van der Waals surface area contributed by atoms with E-state index in [9.17, 15) is 0 Å². The summed E-state index contributed by atoms with van der Waals surface area (Å²) in [6, 6.07) is 1.30. The molecule has 0 bridgehead atoms. The molecule has 1 heterocycles. The van der Waals surface area contributed by atoms with Crippen LogP contribution in [0.15, 0.2) is 11.9 Å². The molecule has 1 aromatic rings. The molecule has 0 amide bonds. The predicted molar refractivity (Wildman–Crippen MR) is 82.7 cm³/mol. The van der Waals surface area contributed by atoms with E-state index in [0.29, 0.717) is 6.04 Å². The molecular formula is C16H24N4. The van der Waals surface area contributed by atoms with Crippen molar-refractivity contribution in [3.63, 3.8) is 0 Å². The number of rotatable bonds is 3. The van der Waals surface area contributed by atoms with Gasteiger partial charge >= 0.3 is 0 Å². The van der Waals surface area contributed by atoms with E-state index in [4.69, 9.17) is 0 Å². The third-order valence-corrected chi connectivity index (χ3v) is 4.57. The first kappa shape index (κ1) is 13.6. The molecule has 1 fully saturated rings. The Hall–Kier alpha value is -1.42. The van der Waals surface area contributed by atoms with E-state index >= 15 is 0 Å². The third kappa shape index (κ3) is 2.70. The standard InChI is InChI=1S/C16H24N4/c1-11-8-14-15(9-11)17-10-18-16(14)19-12-4-6-13(7-5-12)20(2)3/h8,10,12-13H,4-7,9H2,1-3H3,(H,17,18,19). The lowest BCUT2D eigenvalue weighted by molar-refractivity contribution is 0.221. The predicted octanol–water partition coefficient (Wildman–Crippen LogP) is 2.72. The Balaban J connectivity index is 1.67. The van der Waals surface area contributed by atoms with E-state index in [-0.39, 0.29) is 0 Å². The van der Waals surface area contributed by atoms with Gasteiger partial charge in [0.05, 0.1) is 5.69 Å². The Morgan fingerprint density at radius 2 is 1.90 bits per heavy atom. The Bertz CT molecular complexity index is 513. The van der Waals surface area contributed by atoms with Crippen LogP contribution < -0.4 is 5.32 Å². The molecule has 1 saturated carbocycles. The molecular weight excluding hydrogens is 248 g/mol. The summed E-state index contributed by atoms with van der Waals surface area (Å²) in [4.78, 5) is 11.2. The van der Waals surface area contributed by atoms with Crippen molar-refractivity contribution in [2.45, 2.75) is 51.1 Å². The highest BCUT2D eigenvalue weighted by Gasteiger charge is 2.24. The summed E-state index contributed by atoms with van der Waals surface area (Å²) >= 11 is 0. The van der Waals surface area contributed by atoms with Gasteiger partial charge in [-0.2, -0.15) is 0 Å². The minimum absolute atomic E-state index is 0.555. The van der Waals surface area contributed by atoms with Crippen LogP contribution in [0.5, 0.6) is 0 Å². The van der Waals surface area contributed by atoms with E-state index in [2.05, 4.69) is 47.3 Å². The Kier molecular flexibility index (Phi) is 3.74. The van der Waals surface area contributed by atoms with Gasteiger partial charge in [0, 0.05) is 24.1 Å². The average Bonchev–Trinajstić information content (AvgIpc) is 2.81. The number of nitrogens with zero attached hydrogens (tertiary/aromatic N) is 3. The van der Waals surface area contributed by atoms with Crippen molar-refractivity contribution in [1.29, 1.82) is 0 Å². The zero-order chi connectivity index (χ0) is 14.1. The number of anilines is 1. The monoisotopic (exact) mass is 272 g/mol. The molecule has 4 nitrogen and oxygen atoms in total. The lowest BCUT2D eigenvalue weighted by Gasteiger charge is -2.33. The summed E-state index contributed by atoms with van der Waals surface area (Å²) in [5.74, 6) is 1.03. The van der Waals surface area contributed by atoms with Crippen LogP contribution in [-0.2, 0) is 6.42 Å². The first-order valence-corrected chi connectivity index (χ1v) is 7.57. The van der Waals surface area contributed by atoms with Gasteiger partial charge in [-0.25, -0.2) is 9.97 Å². The van der Waals surface area contributed by atoms with Gasteiger partial charge in [0.25, 0.3) is 0 Å². The van der Waals surface area contributed by atoms with Crippen molar-refractivity contribution >= 4 is 11.9 Å². The zero-order valence-electron chi connectivity index (χ0n) is 12.7. The van der Waals surface area contributed by atoms with Crippen LogP contribution in [0.1, 0.15) is 43.9 Å². The fraction of sp³-hybridized carbons (Fsp3) is 0.625. The highest BCUT2D eigenvalue weighted by molar-refractivity contribution is 5.71. The van der Waals surface area contributed by atoms with Crippen molar-refractivity contribution in [3.05, 3.63) is 23.2 Å². The number of nitrogens with one attached hydrogen (secondary N) is 1. The third-order valence-electron chi connectivity index (χ3n) is 4.57. The Morgan fingerprint density at radius 3 is 2.60 bits per heavy atom. The molecule has 0 saturated heterocycles. The molecule has 0 unspecified atom stereocenters. The molecule has 1 N–H and O–H groups in total. The first-order chi connectivity index (χ1) is 9.63. The maximum Gasteiger partial charge on any atom is 0.137 e. The van der Waals surface area contributed by atoms with E-state index in [1.807, 2.05) is 0 Å². The van der Waals surface area contributed by atoms with E-state index in [1.165, 1.54) is 42.5 Å². The smallest absolute Gasteiger partial charge is 0.137 e. The van der Waals surface area contributed by atoms with Crippen molar-refractivity contribution in [3.8, 4) is 0 Å². The van der Waals surface area contributed by atoms with E-state index in [0.717, 1.165) is 18.3 Å². The minimum atomic E-state index is 0.555. The number of allylic oxidation sites excluding steroid dienone is 1. The van der Waals surface area contributed by atoms with Crippen LogP contribution in [0.3, 0.4) is 0 Å². The number of fused-ring (bicyclic) bond motifs is 1. The highest BCUT2D eigenvalue weighted by atomic mass is 15.1. The lowest BCUT2D eigenvalue weighted by atomic mass is 9.90. The second-order valence-electron chi connectivity index (χ2n) is 6.36. The van der Waals surface area contributed by atoms with Gasteiger partial charge in [0.1, 0.15) is 12.1 Å². The summed E-state index contributed by atoms with van der Waals surface area (Å²) in [5, 5.41) is 3.65. The molecule has 2 aliphatic rings. The van der Waals surface area contributed by atoms with Gasteiger partial charge in [-0.15, -0.1) is 0 Å². The molecule has 0 aliphatic heterocycles. The van der Waals surface area contributed by atoms with Gasteiger partial charge in [-0.1, -0.05) is 11.6 Å². The van der Waals surface area contributed by atoms with Crippen LogP contribution >= 0.6 is 0 Å². The number of aromatic nitrogens is 2. The van der Waals surface area contributed by atoms with Crippen LogP contribution in [-0.4, -0.2) is 41.0 Å². The summed E-state index contributed by atoms with van der Waals surface area (Å²) < 4.78 is 0. The average molecular weight is 272 g/mol. The highest BCUT2D eigenvalue weighted by Crippen LogP contribution is 2.30. The van der Waals surface area contributed by atoms with E-state index < -0.39 is 0 Å². The van der Waals surface area contributed by atoms with Crippen molar-refractivity contribution in [1.82, 2.24) is 14.9 Å². The first-order valence-electron chi connectivity index (χ1n) is 7.57. The molecule has 3 rings (SSSR count). The summed E-state index contributed by atoms with van der Waals surface area (Å²) in [6.07, 6.45) is 9.89. The van der Waals surface area contributed by atoms with Crippen molar-refractivity contribution in [2.75, 3.05) is 19.4 Å². The topological polar surface area (TPSA) is 41.1 Å². The number of hydrogen-bond acceptors (Lipinski definition) is 4. The Morgan fingerprint density at radius 1 is 1.15 bits per heavy atom. The van der Waals surface area contributed by atoms with Crippen molar-refractivity contribution in [2.24, 2.45) is 0 Å². The van der Waals surface area contributed by atoms with Crippen LogP contribution in [0.2, 0.25) is 0 Å². The molecule has 2 aliphatic carbocycles. The lowest BCUT2D eigenvalue weighted by Crippen LogP contribution is -2.36. The van der Waals surface area contributed by atoms with E-state index in [1.54, 1.807) is 6.33 Å². The Labute approximate surface area is 121 Å². The van der Waals surface area contributed by atoms with Crippen LogP contribution in [0, 0.1) is 0 Å². The van der Waals surface area contributed by atoms with Crippen LogP contribution in [0.25, 0.3) is 6.08 Å². The van der Waals surface area contributed by atoms with Gasteiger partial charge < -0.3 is 10.2 Å². The normalized spacial score (nSPS) is 25.5. The summed E-state index contributed by atoms with van der Waals surface area (Å²) in [5.41, 5.74) is 3.75. The van der Waals surface area contributed by atoms with Gasteiger partial charge in [-0.05, 0) is 46.7 Å². The molecule has 4 heteroatoms. The minimum Gasteiger partial charge on any atom is -0.367 e. The molecule has 0 aromatic carbocycles. The second-order valence-corrected chi connectivity index (χ2v) is 6.36. The quantitative estimate of drug-likeness (QED) is 0.918. The molecule has 108 valence electrons. The molecule has 0 atom stereocenters. The summed E-state index contributed by atoms with van der Waals surface area (Å²) in [7, 11) is 4.37. The maximum atomic E-state index is 4.46. The second kappa shape index (κ2) is 5.52. The zero-order valence-corrected chi connectivity index (χ0v) is 12.7. The fourth-order valence-corrected chi connectivity index (χ4v) is 3.33.